The number of hydrogen-bond acceptors (Lipinski definition) is 4. The van der Waals surface area contributed by atoms with Gasteiger partial charge < -0.3 is 4.74 Å². The number of anilines is 1. The number of nitrogens with zero attached hydrogens (tertiary/aromatic N) is 2. The number of ether oxygens (including phenoxy) is 1. The van der Waals surface area contributed by atoms with Gasteiger partial charge in [-0.15, -0.1) is 5.10 Å². The topological polar surface area (TPSA) is 79.9 Å². The Balaban J connectivity index is 2.54. The fourth-order valence-electron chi connectivity index (χ4n) is 0.803. The summed E-state index contributed by atoms with van der Waals surface area (Å²) in [6.07, 6.45) is -0.533. The SMILES string of the molecule is Cc1n[nH]nc1NC(=O)OC(C)(C)C. The standard InChI is InChI=1S/C8H14N4O2/c1-5-6(11-12-10-5)9-7(13)14-8(2,3)4/h1-4H3,(H2,9,10,11,12,13). The summed E-state index contributed by atoms with van der Waals surface area (Å²) in [7, 11) is 0. The predicted octanol–water partition coefficient (Wildman–Crippen LogP) is 1.46. The highest BCUT2D eigenvalue weighted by atomic mass is 16.6. The van der Waals surface area contributed by atoms with Crippen LogP contribution in [-0.2, 0) is 4.74 Å². The minimum Gasteiger partial charge on any atom is -0.444 e. The Morgan fingerprint density at radius 3 is 2.50 bits per heavy atom. The van der Waals surface area contributed by atoms with Gasteiger partial charge in [0.15, 0.2) is 5.82 Å². The molecule has 0 radical (unpaired) electrons. The van der Waals surface area contributed by atoms with Crippen molar-refractivity contribution in [3.8, 4) is 0 Å². The molecule has 0 aliphatic heterocycles. The number of H-pyrrole nitrogens is 1. The molecule has 6 nitrogen and oxygen atoms in total. The lowest BCUT2D eigenvalue weighted by Gasteiger charge is -2.19. The van der Waals surface area contributed by atoms with E-state index >= 15 is 0 Å². The zero-order valence-electron chi connectivity index (χ0n) is 8.71. The van der Waals surface area contributed by atoms with Crippen molar-refractivity contribution in [3.05, 3.63) is 5.69 Å². The first-order chi connectivity index (χ1) is 6.38. The normalized spacial score (nSPS) is 11.1. The van der Waals surface area contributed by atoms with Crippen LogP contribution >= 0.6 is 0 Å². The van der Waals surface area contributed by atoms with E-state index in [1.54, 1.807) is 27.7 Å². The Hall–Kier alpha value is -1.59. The van der Waals surface area contributed by atoms with Crippen LogP contribution in [0.5, 0.6) is 0 Å². The highest BCUT2D eigenvalue weighted by Gasteiger charge is 2.17. The van der Waals surface area contributed by atoms with Gasteiger partial charge in [-0.2, -0.15) is 10.3 Å². The van der Waals surface area contributed by atoms with Crippen LogP contribution in [0.15, 0.2) is 0 Å². The summed E-state index contributed by atoms with van der Waals surface area (Å²) in [5.74, 6) is 0.388. The van der Waals surface area contributed by atoms with Crippen LogP contribution in [-0.4, -0.2) is 27.1 Å². The molecule has 1 rings (SSSR count). The average Bonchev–Trinajstić information content (AvgIpc) is 2.32. The van der Waals surface area contributed by atoms with E-state index in [1.807, 2.05) is 0 Å². The van der Waals surface area contributed by atoms with Crippen LogP contribution in [0.3, 0.4) is 0 Å². The third-order valence-corrected chi connectivity index (χ3v) is 1.34. The molecule has 0 bridgehead atoms. The molecule has 0 aliphatic rings. The second kappa shape index (κ2) is 3.65. The Morgan fingerprint density at radius 2 is 2.07 bits per heavy atom. The molecule has 1 aromatic heterocycles. The lowest BCUT2D eigenvalue weighted by Crippen LogP contribution is -2.27. The van der Waals surface area contributed by atoms with Crippen LogP contribution in [0.25, 0.3) is 0 Å². The number of nitrogens with one attached hydrogen (secondary N) is 2. The van der Waals surface area contributed by atoms with E-state index in [0.29, 0.717) is 11.5 Å². The summed E-state index contributed by atoms with van der Waals surface area (Å²) in [5.41, 5.74) is 0.109. The minimum atomic E-state index is -0.533. The number of amides is 1. The molecule has 1 aromatic rings. The summed E-state index contributed by atoms with van der Waals surface area (Å²) in [6.45, 7) is 7.11. The first kappa shape index (κ1) is 10.5. The maximum Gasteiger partial charge on any atom is 0.413 e. The first-order valence-electron chi connectivity index (χ1n) is 4.26. The van der Waals surface area contributed by atoms with Crippen molar-refractivity contribution >= 4 is 11.9 Å². The molecule has 0 saturated heterocycles. The molecule has 0 aliphatic carbocycles. The van der Waals surface area contributed by atoms with Crippen LogP contribution in [0, 0.1) is 6.92 Å². The van der Waals surface area contributed by atoms with Crippen LogP contribution in [0.1, 0.15) is 26.5 Å². The van der Waals surface area contributed by atoms with E-state index in [4.69, 9.17) is 4.74 Å². The molecule has 14 heavy (non-hydrogen) atoms. The number of aromatic nitrogens is 3. The molecule has 0 saturated carbocycles. The number of carbonyl (C=O) groups excluding carboxylic acids is 1. The van der Waals surface area contributed by atoms with Crippen LogP contribution in [0.2, 0.25) is 0 Å². The predicted molar refractivity (Wildman–Crippen MR) is 51.0 cm³/mol. The lowest BCUT2D eigenvalue weighted by atomic mass is 10.2. The summed E-state index contributed by atoms with van der Waals surface area (Å²) in [4.78, 5) is 11.3. The zero-order valence-corrected chi connectivity index (χ0v) is 8.71. The van der Waals surface area contributed by atoms with Gasteiger partial charge in [0.1, 0.15) is 11.3 Å². The van der Waals surface area contributed by atoms with Crippen molar-refractivity contribution in [1.29, 1.82) is 0 Å². The van der Waals surface area contributed by atoms with Gasteiger partial charge in [0.25, 0.3) is 0 Å². The molecule has 0 atom stereocenters. The molecule has 78 valence electrons. The fourth-order valence-corrected chi connectivity index (χ4v) is 0.803. The van der Waals surface area contributed by atoms with Gasteiger partial charge in [-0.3, -0.25) is 5.32 Å². The van der Waals surface area contributed by atoms with Crippen LogP contribution in [0.4, 0.5) is 10.6 Å². The summed E-state index contributed by atoms with van der Waals surface area (Å²) in [5, 5.41) is 12.4. The van der Waals surface area contributed by atoms with E-state index in [-0.39, 0.29) is 0 Å². The van der Waals surface area contributed by atoms with Crippen molar-refractivity contribution < 1.29 is 9.53 Å². The maximum absolute atomic E-state index is 11.3. The average molecular weight is 198 g/mol. The van der Waals surface area contributed by atoms with Crippen molar-refractivity contribution in [2.75, 3.05) is 5.32 Å². The van der Waals surface area contributed by atoms with Gasteiger partial charge in [0, 0.05) is 0 Å². The molecule has 6 heteroatoms. The van der Waals surface area contributed by atoms with Gasteiger partial charge in [-0.25, -0.2) is 4.79 Å². The van der Waals surface area contributed by atoms with Gasteiger partial charge in [0.05, 0.1) is 0 Å². The van der Waals surface area contributed by atoms with Crippen molar-refractivity contribution in [2.45, 2.75) is 33.3 Å². The van der Waals surface area contributed by atoms with E-state index < -0.39 is 11.7 Å². The molecule has 0 fully saturated rings. The molecule has 2 N–H and O–H groups in total. The Bertz CT molecular complexity index is 326. The summed E-state index contributed by atoms with van der Waals surface area (Å²) < 4.78 is 5.03. The smallest absolute Gasteiger partial charge is 0.413 e. The Morgan fingerprint density at radius 1 is 1.43 bits per heavy atom. The quantitative estimate of drug-likeness (QED) is 0.715. The van der Waals surface area contributed by atoms with Gasteiger partial charge in [0.2, 0.25) is 0 Å². The van der Waals surface area contributed by atoms with Gasteiger partial charge in [-0.05, 0) is 27.7 Å². The third-order valence-electron chi connectivity index (χ3n) is 1.34. The Labute approximate surface area is 82.0 Å². The van der Waals surface area contributed by atoms with Crippen molar-refractivity contribution in [2.24, 2.45) is 0 Å². The minimum absolute atomic E-state index is 0.388. The van der Waals surface area contributed by atoms with E-state index in [9.17, 15) is 4.79 Å². The molecule has 1 amide bonds. The van der Waals surface area contributed by atoms with Crippen LogP contribution < -0.4 is 5.32 Å². The first-order valence-corrected chi connectivity index (χ1v) is 4.26. The maximum atomic E-state index is 11.3. The zero-order chi connectivity index (χ0) is 10.8. The monoisotopic (exact) mass is 198 g/mol. The molecule has 1 heterocycles. The fraction of sp³-hybridized carbons (Fsp3) is 0.625. The number of hydrogen-bond donors (Lipinski definition) is 2. The van der Waals surface area contributed by atoms with Gasteiger partial charge in [-0.1, -0.05) is 0 Å². The van der Waals surface area contributed by atoms with E-state index in [1.165, 1.54) is 0 Å². The second-order valence-electron chi connectivity index (χ2n) is 3.88. The molecule has 0 aromatic carbocycles. The van der Waals surface area contributed by atoms with Crippen molar-refractivity contribution in [3.63, 3.8) is 0 Å². The van der Waals surface area contributed by atoms with Crippen molar-refractivity contribution in [1.82, 2.24) is 15.4 Å². The summed E-state index contributed by atoms with van der Waals surface area (Å²) in [6, 6.07) is 0. The highest BCUT2D eigenvalue weighted by molar-refractivity contribution is 5.84. The summed E-state index contributed by atoms with van der Waals surface area (Å²) >= 11 is 0. The number of rotatable bonds is 1. The Kier molecular flexibility index (Phi) is 2.73. The number of carbonyl (C=O) groups is 1. The second-order valence-corrected chi connectivity index (χ2v) is 3.88. The number of aryl methyl sites for hydroxylation is 1. The van der Waals surface area contributed by atoms with E-state index in [0.717, 1.165) is 0 Å². The highest BCUT2D eigenvalue weighted by Crippen LogP contribution is 2.10. The largest absolute Gasteiger partial charge is 0.444 e. The molecular weight excluding hydrogens is 184 g/mol. The molecule has 0 spiro atoms. The molecular formula is C8H14N4O2. The van der Waals surface area contributed by atoms with Gasteiger partial charge >= 0.3 is 6.09 Å². The molecule has 0 unspecified atom stereocenters. The number of aromatic amines is 1. The van der Waals surface area contributed by atoms with E-state index in [2.05, 4.69) is 20.7 Å². The third kappa shape index (κ3) is 3.04. The lowest BCUT2D eigenvalue weighted by molar-refractivity contribution is 0.0635.